The van der Waals surface area contributed by atoms with Gasteiger partial charge < -0.3 is 18.9 Å². The van der Waals surface area contributed by atoms with E-state index in [1.807, 2.05) is 0 Å². The highest BCUT2D eigenvalue weighted by Gasteiger charge is 2.18. The van der Waals surface area contributed by atoms with Crippen molar-refractivity contribution in [2.75, 3.05) is 21.3 Å². The molecule has 0 spiro atoms. The molecule has 0 heterocycles. The SMILES string of the molecule is COC(=O)c1cc(OC)c(OC)c(OCc2ccc([N+](=O)[O-])cc2)c1. The molecule has 0 aliphatic carbocycles. The number of esters is 1. The number of rotatable bonds is 7. The van der Waals surface area contributed by atoms with Crippen LogP contribution in [-0.4, -0.2) is 32.2 Å². The number of hydrogen-bond acceptors (Lipinski definition) is 7. The van der Waals surface area contributed by atoms with Gasteiger partial charge in [0, 0.05) is 12.1 Å². The molecule has 0 aromatic heterocycles. The molecular formula is C17H17NO7. The first kappa shape index (κ1) is 18.1. The number of carbonyl (C=O) groups excluding carboxylic acids is 1. The summed E-state index contributed by atoms with van der Waals surface area (Å²) in [7, 11) is 4.17. The van der Waals surface area contributed by atoms with Gasteiger partial charge in [-0.05, 0) is 29.8 Å². The van der Waals surface area contributed by atoms with E-state index < -0.39 is 10.9 Å². The van der Waals surface area contributed by atoms with Crippen LogP contribution >= 0.6 is 0 Å². The van der Waals surface area contributed by atoms with Gasteiger partial charge in [0.15, 0.2) is 11.5 Å². The Kier molecular flexibility index (Phi) is 5.78. The van der Waals surface area contributed by atoms with Crippen molar-refractivity contribution in [1.29, 1.82) is 0 Å². The molecular weight excluding hydrogens is 330 g/mol. The maximum absolute atomic E-state index is 11.8. The van der Waals surface area contributed by atoms with Gasteiger partial charge in [-0.2, -0.15) is 0 Å². The Hall–Kier alpha value is -3.29. The van der Waals surface area contributed by atoms with Gasteiger partial charge in [-0.1, -0.05) is 0 Å². The Balaban J connectivity index is 2.27. The van der Waals surface area contributed by atoms with E-state index >= 15 is 0 Å². The second-order valence-corrected chi connectivity index (χ2v) is 4.91. The molecule has 0 bridgehead atoms. The molecule has 0 N–H and O–H groups in total. The smallest absolute Gasteiger partial charge is 0.338 e. The molecule has 0 radical (unpaired) electrons. The molecule has 8 nitrogen and oxygen atoms in total. The molecule has 0 atom stereocenters. The summed E-state index contributed by atoms with van der Waals surface area (Å²) in [6.07, 6.45) is 0. The summed E-state index contributed by atoms with van der Waals surface area (Å²) in [6.45, 7) is 0.127. The number of benzene rings is 2. The second kappa shape index (κ2) is 8.00. The Bertz CT molecular complexity index is 771. The minimum Gasteiger partial charge on any atom is -0.493 e. The lowest BCUT2D eigenvalue weighted by Gasteiger charge is -2.15. The van der Waals surface area contributed by atoms with E-state index in [4.69, 9.17) is 18.9 Å². The lowest BCUT2D eigenvalue weighted by Crippen LogP contribution is -2.05. The summed E-state index contributed by atoms with van der Waals surface area (Å²) in [5.74, 6) is 0.405. The minimum atomic E-state index is -0.541. The van der Waals surface area contributed by atoms with Crippen LogP contribution in [0, 0.1) is 10.1 Å². The van der Waals surface area contributed by atoms with Gasteiger partial charge in [0.2, 0.25) is 5.75 Å². The van der Waals surface area contributed by atoms with Crippen LogP contribution in [0.15, 0.2) is 36.4 Å². The number of nitro benzene ring substituents is 1. The third-order valence-corrected chi connectivity index (χ3v) is 3.41. The van der Waals surface area contributed by atoms with Gasteiger partial charge in [-0.15, -0.1) is 0 Å². The largest absolute Gasteiger partial charge is 0.493 e. The van der Waals surface area contributed by atoms with E-state index in [9.17, 15) is 14.9 Å². The van der Waals surface area contributed by atoms with E-state index in [0.717, 1.165) is 5.56 Å². The molecule has 2 aromatic rings. The molecule has 132 valence electrons. The van der Waals surface area contributed by atoms with Crippen molar-refractivity contribution in [2.45, 2.75) is 6.61 Å². The zero-order valence-electron chi connectivity index (χ0n) is 14.0. The van der Waals surface area contributed by atoms with Crippen LogP contribution in [-0.2, 0) is 11.3 Å². The van der Waals surface area contributed by atoms with Crippen molar-refractivity contribution in [3.63, 3.8) is 0 Å². The first-order chi connectivity index (χ1) is 12.0. The van der Waals surface area contributed by atoms with Crippen LogP contribution in [0.25, 0.3) is 0 Å². The molecule has 0 saturated heterocycles. The minimum absolute atomic E-state index is 0.00399. The molecule has 0 aliphatic heterocycles. The standard InChI is InChI=1S/C17H17NO7/c1-22-14-8-12(17(19)24-3)9-15(16(14)23-2)25-10-11-4-6-13(7-5-11)18(20)21/h4-9H,10H2,1-3H3. The predicted octanol–water partition coefficient (Wildman–Crippen LogP) is 2.98. The highest BCUT2D eigenvalue weighted by atomic mass is 16.6. The van der Waals surface area contributed by atoms with E-state index in [2.05, 4.69) is 0 Å². The Morgan fingerprint density at radius 1 is 1.04 bits per heavy atom. The fourth-order valence-corrected chi connectivity index (χ4v) is 2.15. The van der Waals surface area contributed by atoms with Crippen LogP contribution in [0.3, 0.4) is 0 Å². The van der Waals surface area contributed by atoms with Crippen molar-refractivity contribution >= 4 is 11.7 Å². The van der Waals surface area contributed by atoms with Crippen molar-refractivity contribution in [2.24, 2.45) is 0 Å². The van der Waals surface area contributed by atoms with E-state index in [-0.39, 0.29) is 17.9 Å². The molecule has 0 fully saturated rings. The summed E-state index contributed by atoms with van der Waals surface area (Å²) in [6, 6.07) is 8.93. The molecule has 0 saturated carbocycles. The van der Waals surface area contributed by atoms with Gasteiger partial charge in [-0.25, -0.2) is 4.79 Å². The van der Waals surface area contributed by atoms with Gasteiger partial charge >= 0.3 is 5.97 Å². The first-order valence-corrected chi connectivity index (χ1v) is 7.20. The zero-order valence-corrected chi connectivity index (χ0v) is 14.0. The number of hydrogen-bond donors (Lipinski definition) is 0. The van der Waals surface area contributed by atoms with Gasteiger partial charge in [-0.3, -0.25) is 10.1 Å². The van der Waals surface area contributed by atoms with Crippen molar-refractivity contribution in [1.82, 2.24) is 0 Å². The highest BCUT2D eigenvalue weighted by molar-refractivity contribution is 5.91. The molecule has 8 heteroatoms. The fourth-order valence-electron chi connectivity index (χ4n) is 2.15. The van der Waals surface area contributed by atoms with Crippen LogP contribution in [0.5, 0.6) is 17.2 Å². The van der Waals surface area contributed by atoms with Gasteiger partial charge in [0.25, 0.3) is 5.69 Å². The lowest BCUT2D eigenvalue weighted by molar-refractivity contribution is -0.384. The number of nitrogens with zero attached hydrogens (tertiary/aromatic N) is 1. The Morgan fingerprint density at radius 3 is 2.20 bits per heavy atom. The van der Waals surface area contributed by atoms with Crippen LogP contribution in [0.2, 0.25) is 0 Å². The van der Waals surface area contributed by atoms with Crippen LogP contribution < -0.4 is 14.2 Å². The second-order valence-electron chi connectivity index (χ2n) is 4.91. The number of carbonyl (C=O) groups is 1. The number of ether oxygens (including phenoxy) is 4. The predicted molar refractivity (Wildman–Crippen MR) is 88.3 cm³/mol. The van der Waals surface area contributed by atoms with Crippen LogP contribution in [0.1, 0.15) is 15.9 Å². The Labute approximate surface area is 144 Å². The third kappa shape index (κ3) is 4.17. The number of non-ortho nitro benzene ring substituents is 1. The van der Waals surface area contributed by atoms with E-state index in [1.165, 1.54) is 45.6 Å². The topological polar surface area (TPSA) is 97.1 Å². The maximum Gasteiger partial charge on any atom is 0.338 e. The number of nitro groups is 1. The maximum atomic E-state index is 11.8. The molecule has 0 amide bonds. The normalized spacial score (nSPS) is 10.0. The van der Waals surface area contributed by atoms with Crippen molar-refractivity contribution in [3.8, 4) is 17.2 Å². The van der Waals surface area contributed by atoms with Crippen molar-refractivity contribution in [3.05, 3.63) is 57.6 Å². The fraction of sp³-hybridized carbons (Fsp3) is 0.235. The monoisotopic (exact) mass is 347 g/mol. The molecule has 0 unspecified atom stereocenters. The Morgan fingerprint density at radius 2 is 1.68 bits per heavy atom. The van der Waals surface area contributed by atoms with Crippen LogP contribution in [0.4, 0.5) is 5.69 Å². The lowest BCUT2D eigenvalue weighted by atomic mass is 10.1. The summed E-state index contributed by atoms with van der Waals surface area (Å²) in [5, 5.41) is 10.7. The molecule has 2 aromatic carbocycles. The summed E-state index contributed by atoms with van der Waals surface area (Å²) < 4.78 is 20.9. The highest BCUT2D eigenvalue weighted by Crippen LogP contribution is 2.39. The summed E-state index contributed by atoms with van der Waals surface area (Å²) >= 11 is 0. The summed E-state index contributed by atoms with van der Waals surface area (Å²) in [4.78, 5) is 22.0. The molecule has 0 aliphatic rings. The first-order valence-electron chi connectivity index (χ1n) is 7.20. The molecule has 2 rings (SSSR count). The van der Waals surface area contributed by atoms with Crippen molar-refractivity contribution < 1.29 is 28.7 Å². The average molecular weight is 347 g/mol. The zero-order chi connectivity index (χ0) is 18.4. The molecule has 25 heavy (non-hydrogen) atoms. The third-order valence-electron chi connectivity index (χ3n) is 3.41. The summed E-state index contributed by atoms with van der Waals surface area (Å²) in [5.41, 5.74) is 0.963. The van der Waals surface area contributed by atoms with Gasteiger partial charge in [0.1, 0.15) is 6.61 Å². The average Bonchev–Trinajstić information content (AvgIpc) is 2.64. The number of methoxy groups -OCH3 is 3. The van der Waals surface area contributed by atoms with Gasteiger partial charge in [0.05, 0.1) is 31.8 Å². The quantitative estimate of drug-likeness (QED) is 0.431. The van der Waals surface area contributed by atoms with E-state index in [0.29, 0.717) is 17.2 Å². The van der Waals surface area contributed by atoms with E-state index in [1.54, 1.807) is 12.1 Å².